The van der Waals surface area contributed by atoms with E-state index in [9.17, 15) is 9.18 Å². The zero-order valence-electron chi connectivity index (χ0n) is 10.0. The van der Waals surface area contributed by atoms with Gasteiger partial charge in [0.25, 0.3) is 5.91 Å². The predicted molar refractivity (Wildman–Crippen MR) is 77.0 cm³/mol. The lowest BCUT2D eigenvalue weighted by atomic mass is 10.0. The number of halogens is 2. The molecule has 0 radical (unpaired) electrons. The summed E-state index contributed by atoms with van der Waals surface area (Å²) in [5.74, 6) is -1.08. The van der Waals surface area contributed by atoms with Crippen LogP contribution in [0.25, 0.3) is 0 Å². The van der Waals surface area contributed by atoms with Crippen LogP contribution in [0.1, 0.15) is 24.2 Å². The smallest absolute Gasteiger partial charge is 0.254 e. The van der Waals surface area contributed by atoms with E-state index in [0.29, 0.717) is 0 Å². The lowest BCUT2D eigenvalue weighted by Gasteiger charge is -2.21. The molecule has 3 nitrogen and oxygen atoms in total. The normalized spacial score (nSPS) is 12.3. The van der Waals surface area contributed by atoms with Crippen molar-refractivity contribution >= 4 is 39.0 Å². The van der Waals surface area contributed by atoms with Crippen LogP contribution in [0.5, 0.6) is 0 Å². The van der Waals surface area contributed by atoms with Crippen LogP contribution in [0.2, 0.25) is 0 Å². The van der Waals surface area contributed by atoms with E-state index >= 15 is 0 Å². The van der Waals surface area contributed by atoms with Crippen LogP contribution in [-0.2, 0) is 0 Å². The molecule has 1 atom stereocenters. The van der Waals surface area contributed by atoms with Crippen LogP contribution in [0.4, 0.5) is 4.39 Å². The van der Waals surface area contributed by atoms with Gasteiger partial charge in [-0.1, -0.05) is 32.1 Å². The highest BCUT2D eigenvalue weighted by atomic mass is 79.9. The Labute approximate surface area is 119 Å². The number of hydrogen-bond donors (Lipinski definition) is 2. The van der Waals surface area contributed by atoms with Gasteiger partial charge in [0.1, 0.15) is 5.82 Å². The molecule has 0 aliphatic carbocycles. The van der Waals surface area contributed by atoms with Crippen LogP contribution in [0.15, 0.2) is 22.7 Å². The topological polar surface area (TPSA) is 55.1 Å². The van der Waals surface area contributed by atoms with Crippen LogP contribution >= 0.6 is 28.1 Å². The Kier molecular flexibility index (Phi) is 5.22. The van der Waals surface area contributed by atoms with Gasteiger partial charge in [-0.25, -0.2) is 4.39 Å². The fourth-order valence-electron chi connectivity index (χ4n) is 1.46. The quantitative estimate of drug-likeness (QED) is 0.833. The molecule has 3 N–H and O–H groups in total. The summed E-state index contributed by atoms with van der Waals surface area (Å²) in [5.41, 5.74) is 5.51. The first-order valence-electron chi connectivity index (χ1n) is 5.38. The van der Waals surface area contributed by atoms with Crippen molar-refractivity contribution in [2.75, 3.05) is 0 Å². The van der Waals surface area contributed by atoms with Crippen molar-refractivity contribution in [1.29, 1.82) is 0 Å². The molecular weight excluding hydrogens is 319 g/mol. The second kappa shape index (κ2) is 6.24. The largest absolute Gasteiger partial charge is 0.392 e. The summed E-state index contributed by atoms with van der Waals surface area (Å²) in [6.07, 6.45) is 0. The standard InChI is InChI=1S/C12H14BrFN2OS/c1-6(2)10(11(15)18)16-12(17)7-4-3-5-8(13)9(7)14/h3-6,10H,1-2H3,(H2,15,18)(H,16,17). The molecule has 6 heteroatoms. The van der Waals surface area contributed by atoms with E-state index in [1.807, 2.05) is 13.8 Å². The van der Waals surface area contributed by atoms with Crippen LogP contribution < -0.4 is 11.1 Å². The number of nitrogens with two attached hydrogens (primary N) is 1. The van der Waals surface area contributed by atoms with Gasteiger partial charge in [0.2, 0.25) is 0 Å². The number of nitrogens with one attached hydrogen (secondary N) is 1. The Morgan fingerprint density at radius 1 is 1.50 bits per heavy atom. The summed E-state index contributed by atoms with van der Waals surface area (Å²) in [5, 5.41) is 2.63. The van der Waals surface area contributed by atoms with E-state index in [-0.39, 0.29) is 20.9 Å². The minimum Gasteiger partial charge on any atom is -0.392 e. The van der Waals surface area contributed by atoms with Gasteiger partial charge in [-0.05, 0) is 34.0 Å². The van der Waals surface area contributed by atoms with Crippen molar-refractivity contribution < 1.29 is 9.18 Å². The van der Waals surface area contributed by atoms with Crippen molar-refractivity contribution in [2.24, 2.45) is 11.7 Å². The highest BCUT2D eigenvalue weighted by Gasteiger charge is 2.21. The maximum atomic E-state index is 13.7. The second-order valence-corrected chi connectivity index (χ2v) is 5.52. The van der Waals surface area contributed by atoms with Gasteiger partial charge in [0, 0.05) is 0 Å². The molecule has 0 aliphatic heterocycles. The maximum absolute atomic E-state index is 13.7. The molecule has 1 amide bonds. The zero-order chi connectivity index (χ0) is 13.9. The van der Waals surface area contributed by atoms with Crippen LogP contribution in [0.3, 0.4) is 0 Å². The van der Waals surface area contributed by atoms with E-state index in [0.717, 1.165) is 0 Å². The molecule has 0 fully saturated rings. The molecule has 0 heterocycles. The van der Waals surface area contributed by atoms with E-state index < -0.39 is 17.8 Å². The monoisotopic (exact) mass is 332 g/mol. The Morgan fingerprint density at radius 3 is 2.61 bits per heavy atom. The van der Waals surface area contributed by atoms with E-state index in [2.05, 4.69) is 21.2 Å². The summed E-state index contributed by atoms with van der Waals surface area (Å²) in [4.78, 5) is 12.1. The first kappa shape index (κ1) is 15.0. The Bertz CT molecular complexity index is 479. The average Bonchev–Trinajstić information content (AvgIpc) is 2.28. The highest BCUT2D eigenvalue weighted by molar-refractivity contribution is 9.10. The summed E-state index contributed by atoms with van der Waals surface area (Å²) >= 11 is 7.91. The van der Waals surface area contributed by atoms with Crippen LogP contribution in [-0.4, -0.2) is 16.9 Å². The molecule has 18 heavy (non-hydrogen) atoms. The third-order valence-corrected chi connectivity index (χ3v) is 3.32. The van der Waals surface area contributed by atoms with Crippen LogP contribution in [0, 0.1) is 11.7 Å². The number of carbonyl (C=O) groups is 1. The predicted octanol–water partition coefficient (Wildman–Crippen LogP) is 2.63. The van der Waals surface area contributed by atoms with Gasteiger partial charge in [-0.15, -0.1) is 0 Å². The van der Waals surface area contributed by atoms with Crippen molar-refractivity contribution in [2.45, 2.75) is 19.9 Å². The summed E-state index contributed by atoms with van der Waals surface area (Å²) in [6, 6.07) is 4.07. The van der Waals surface area contributed by atoms with Crippen molar-refractivity contribution in [3.8, 4) is 0 Å². The molecule has 0 saturated carbocycles. The fourth-order valence-corrected chi connectivity index (χ4v) is 2.16. The fraction of sp³-hybridized carbons (Fsp3) is 0.333. The minimum absolute atomic E-state index is 0.0359. The van der Waals surface area contributed by atoms with Gasteiger partial charge in [0.05, 0.1) is 21.1 Å². The maximum Gasteiger partial charge on any atom is 0.254 e. The number of benzene rings is 1. The van der Waals surface area contributed by atoms with Crippen molar-refractivity contribution in [1.82, 2.24) is 5.32 Å². The first-order chi connectivity index (χ1) is 8.34. The Hall–Kier alpha value is -1.01. The molecule has 0 spiro atoms. The number of amides is 1. The molecule has 98 valence electrons. The van der Waals surface area contributed by atoms with Gasteiger partial charge in [0.15, 0.2) is 0 Å². The molecule has 0 aromatic heterocycles. The SMILES string of the molecule is CC(C)C(NC(=O)c1cccc(Br)c1F)C(N)=S. The number of thiocarbonyl (C=S) groups is 1. The third kappa shape index (κ3) is 3.49. The van der Waals surface area contributed by atoms with E-state index in [1.54, 1.807) is 6.07 Å². The summed E-state index contributed by atoms with van der Waals surface area (Å²) < 4.78 is 14.0. The van der Waals surface area contributed by atoms with E-state index in [1.165, 1.54) is 12.1 Å². The Balaban J connectivity index is 2.94. The van der Waals surface area contributed by atoms with Gasteiger partial charge >= 0.3 is 0 Å². The molecule has 0 bridgehead atoms. The minimum atomic E-state index is -0.597. The van der Waals surface area contributed by atoms with Gasteiger partial charge in [-0.2, -0.15) is 0 Å². The van der Waals surface area contributed by atoms with E-state index in [4.69, 9.17) is 18.0 Å². The van der Waals surface area contributed by atoms with Crippen molar-refractivity contribution in [3.05, 3.63) is 34.1 Å². The lowest BCUT2D eigenvalue weighted by molar-refractivity contribution is 0.0935. The number of rotatable bonds is 4. The third-order valence-electron chi connectivity index (χ3n) is 2.46. The van der Waals surface area contributed by atoms with Gasteiger partial charge < -0.3 is 11.1 Å². The molecule has 1 rings (SSSR count). The Morgan fingerprint density at radius 2 is 2.11 bits per heavy atom. The lowest BCUT2D eigenvalue weighted by Crippen LogP contribution is -2.47. The summed E-state index contributed by atoms with van der Waals surface area (Å²) in [7, 11) is 0. The molecular formula is C12H14BrFN2OS. The zero-order valence-corrected chi connectivity index (χ0v) is 12.4. The molecule has 0 aliphatic rings. The first-order valence-corrected chi connectivity index (χ1v) is 6.59. The number of carbonyl (C=O) groups excluding carboxylic acids is 1. The average molecular weight is 333 g/mol. The summed E-state index contributed by atoms with van der Waals surface area (Å²) in [6.45, 7) is 3.75. The molecule has 1 aromatic carbocycles. The second-order valence-electron chi connectivity index (χ2n) is 4.20. The van der Waals surface area contributed by atoms with Gasteiger partial charge in [-0.3, -0.25) is 4.79 Å². The van der Waals surface area contributed by atoms with Crippen molar-refractivity contribution in [3.63, 3.8) is 0 Å². The molecule has 1 aromatic rings. The highest BCUT2D eigenvalue weighted by Crippen LogP contribution is 2.18. The molecule has 0 saturated heterocycles. The molecule has 1 unspecified atom stereocenters. The number of hydrogen-bond acceptors (Lipinski definition) is 2.